The highest BCUT2D eigenvalue weighted by Crippen LogP contribution is 2.17. The normalized spacial score (nSPS) is 12.1. The van der Waals surface area contributed by atoms with Gasteiger partial charge in [0.25, 0.3) is 0 Å². The van der Waals surface area contributed by atoms with Crippen LogP contribution in [0, 0.1) is 0 Å². The van der Waals surface area contributed by atoms with Gasteiger partial charge < -0.3 is 24.7 Å². The molecule has 6 nitrogen and oxygen atoms in total. The van der Waals surface area contributed by atoms with E-state index in [9.17, 15) is 0 Å². The Labute approximate surface area is 173 Å². The van der Waals surface area contributed by atoms with E-state index in [-0.39, 0.29) is 30.1 Å². The van der Waals surface area contributed by atoms with Crippen LogP contribution in [0.25, 0.3) is 0 Å². The van der Waals surface area contributed by atoms with Crippen molar-refractivity contribution >= 4 is 29.9 Å². The van der Waals surface area contributed by atoms with E-state index in [4.69, 9.17) is 9.47 Å². The van der Waals surface area contributed by atoms with Crippen LogP contribution in [-0.2, 0) is 13.6 Å². The van der Waals surface area contributed by atoms with Crippen LogP contribution >= 0.6 is 24.0 Å². The highest BCUT2D eigenvalue weighted by molar-refractivity contribution is 14.0. The fourth-order valence-corrected chi connectivity index (χ4v) is 2.34. The number of methoxy groups -OCH3 is 1. The van der Waals surface area contributed by atoms with Crippen LogP contribution in [0.2, 0.25) is 0 Å². The molecule has 7 heteroatoms. The summed E-state index contributed by atoms with van der Waals surface area (Å²) in [6.07, 6.45) is 4.10. The first-order valence-corrected chi connectivity index (χ1v) is 8.54. The molecule has 1 unspecified atom stereocenters. The minimum Gasteiger partial charge on any atom is -0.497 e. The Bertz CT molecular complexity index is 670. The number of benzene rings is 1. The molecule has 0 saturated carbocycles. The molecule has 2 N–H and O–H groups in total. The Morgan fingerprint density at radius 1 is 1.15 bits per heavy atom. The minimum atomic E-state index is 0. The zero-order valence-electron chi connectivity index (χ0n) is 15.9. The van der Waals surface area contributed by atoms with Gasteiger partial charge in [0, 0.05) is 26.0 Å². The maximum absolute atomic E-state index is 5.90. The monoisotopic (exact) mass is 472 g/mol. The van der Waals surface area contributed by atoms with Gasteiger partial charge >= 0.3 is 0 Å². The number of hydrogen-bond acceptors (Lipinski definition) is 3. The van der Waals surface area contributed by atoms with E-state index < -0.39 is 0 Å². The Kier molecular flexibility index (Phi) is 9.93. The zero-order chi connectivity index (χ0) is 18.1. The Hall–Kier alpha value is -1.90. The molecule has 26 heavy (non-hydrogen) atoms. The summed E-state index contributed by atoms with van der Waals surface area (Å²) in [4.78, 5) is 4.61. The van der Waals surface area contributed by atoms with E-state index in [2.05, 4.69) is 34.8 Å². The van der Waals surface area contributed by atoms with Gasteiger partial charge in [0.2, 0.25) is 0 Å². The lowest BCUT2D eigenvalue weighted by molar-refractivity contribution is 0.223. The number of ether oxygens (including phenoxy) is 2. The van der Waals surface area contributed by atoms with Crippen molar-refractivity contribution in [3.63, 3.8) is 0 Å². The molecule has 0 aliphatic rings. The maximum atomic E-state index is 5.90. The van der Waals surface area contributed by atoms with E-state index in [1.807, 2.05) is 49.0 Å². The first kappa shape index (κ1) is 22.1. The number of nitrogens with zero attached hydrogens (tertiary/aromatic N) is 2. The van der Waals surface area contributed by atoms with Gasteiger partial charge in [-0.3, -0.25) is 0 Å². The molecule has 1 atom stereocenters. The Morgan fingerprint density at radius 2 is 1.85 bits per heavy atom. The predicted molar refractivity (Wildman–Crippen MR) is 117 cm³/mol. The number of halogens is 1. The third kappa shape index (κ3) is 7.55. The van der Waals surface area contributed by atoms with Gasteiger partial charge in [-0.2, -0.15) is 0 Å². The summed E-state index contributed by atoms with van der Waals surface area (Å²) in [6, 6.07) is 9.66. The van der Waals surface area contributed by atoms with Crippen molar-refractivity contribution in [3.8, 4) is 11.5 Å². The van der Waals surface area contributed by atoms with Crippen molar-refractivity contribution in [2.75, 3.05) is 20.2 Å². The van der Waals surface area contributed by atoms with Crippen LogP contribution < -0.4 is 20.1 Å². The summed E-state index contributed by atoms with van der Waals surface area (Å²) in [5.41, 5.74) is 1.18. The van der Waals surface area contributed by atoms with Gasteiger partial charge in [-0.15, -0.1) is 24.0 Å². The van der Waals surface area contributed by atoms with Crippen molar-refractivity contribution in [3.05, 3.63) is 48.3 Å². The lowest BCUT2D eigenvalue weighted by Crippen LogP contribution is -2.41. The molecule has 0 spiro atoms. The molecule has 0 bridgehead atoms. The Balaban J connectivity index is 0.00000338. The third-order valence-electron chi connectivity index (χ3n) is 3.61. The number of nitrogens with one attached hydrogen (secondary N) is 2. The summed E-state index contributed by atoms with van der Waals surface area (Å²) >= 11 is 0. The highest BCUT2D eigenvalue weighted by Gasteiger charge is 2.06. The van der Waals surface area contributed by atoms with Crippen molar-refractivity contribution in [1.29, 1.82) is 0 Å². The fourth-order valence-electron chi connectivity index (χ4n) is 2.34. The van der Waals surface area contributed by atoms with Gasteiger partial charge in [-0.25, -0.2) is 4.99 Å². The highest BCUT2D eigenvalue weighted by atomic mass is 127. The number of aliphatic imine (C=N–C) groups is 1. The molecule has 0 radical (unpaired) electrons. The molecule has 2 aromatic rings. The maximum Gasteiger partial charge on any atom is 0.191 e. The van der Waals surface area contributed by atoms with Crippen LogP contribution in [0.1, 0.15) is 19.4 Å². The van der Waals surface area contributed by atoms with E-state index in [1.165, 1.54) is 5.56 Å². The summed E-state index contributed by atoms with van der Waals surface area (Å²) in [5, 5.41) is 6.58. The Morgan fingerprint density at radius 3 is 2.42 bits per heavy atom. The molecule has 144 valence electrons. The second-order valence-corrected chi connectivity index (χ2v) is 5.87. The number of hydrogen-bond donors (Lipinski definition) is 2. The first-order valence-electron chi connectivity index (χ1n) is 8.54. The topological polar surface area (TPSA) is 59.8 Å². The molecule has 1 aromatic carbocycles. The molecule has 0 saturated heterocycles. The van der Waals surface area contributed by atoms with Gasteiger partial charge in [-0.05, 0) is 49.7 Å². The van der Waals surface area contributed by atoms with Crippen LogP contribution in [-0.4, -0.2) is 36.8 Å². The third-order valence-corrected chi connectivity index (χ3v) is 3.61. The lowest BCUT2D eigenvalue weighted by Gasteiger charge is -2.17. The van der Waals surface area contributed by atoms with E-state index in [0.29, 0.717) is 13.1 Å². The van der Waals surface area contributed by atoms with E-state index >= 15 is 0 Å². The molecule has 0 amide bonds. The zero-order valence-corrected chi connectivity index (χ0v) is 18.2. The van der Waals surface area contributed by atoms with Crippen molar-refractivity contribution in [1.82, 2.24) is 15.2 Å². The molecule has 1 heterocycles. The van der Waals surface area contributed by atoms with Crippen LogP contribution in [0.5, 0.6) is 11.5 Å². The second-order valence-electron chi connectivity index (χ2n) is 5.87. The lowest BCUT2D eigenvalue weighted by atomic mass is 10.3. The number of aromatic nitrogens is 1. The number of rotatable bonds is 8. The average molecular weight is 472 g/mol. The fraction of sp³-hybridized carbons (Fsp3) is 0.421. The predicted octanol–water partition coefficient (Wildman–Crippen LogP) is 3.17. The van der Waals surface area contributed by atoms with Crippen molar-refractivity contribution < 1.29 is 9.47 Å². The smallest absolute Gasteiger partial charge is 0.191 e. The van der Waals surface area contributed by atoms with Gasteiger partial charge in [0.1, 0.15) is 17.6 Å². The minimum absolute atomic E-state index is 0. The molecule has 2 rings (SSSR count). The number of guanidine groups is 1. The SMILES string of the molecule is CCNC(=NCc1ccn(C)c1)NCC(C)Oc1ccc(OC)cc1.I. The summed E-state index contributed by atoms with van der Waals surface area (Å²) < 4.78 is 13.1. The first-order chi connectivity index (χ1) is 12.1. The summed E-state index contributed by atoms with van der Waals surface area (Å²) in [5.74, 6) is 2.43. The quantitative estimate of drug-likeness (QED) is 0.352. The molecule has 0 aliphatic heterocycles. The van der Waals surface area contributed by atoms with Crippen LogP contribution in [0.15, 0.2) is 47.7 Å². The van der Waals surface area contributed by atoms with E-state index in [1.54, 1.807) is 7.11 Å². The summed E-state index contributed by atoms with van der Waals surface area (Å²) in [7, 11) is 3.66. The van der Waals surface area contributed by atoms with Crippen molar-refractivity contribution in [2.24, 2.45) is 12.0 Å². The largest absolute Gasteiger partial charge is 0.497 e. The van der Waals surface area contributed by atoms with Gasteiger partial charge in [0.05, 0.1) is 20.2 Å². The van der Waals surface area contributed by atoms with E-state index in [0.717, 1.165) is 24.0 Å². The average Bonchev–Trinajstić information content (AvgIpc) is 3.03. The molecule has 0 aliphatic carbocycles. The van der Waals surface area contributed by atoms with Crippen molar-refractivity contribution in [2.45, 2.75) is 26.5 Å². The number of aryl methyl sites for hydroxylation is 1. The molecule has 1 aromatic heterocycles. The molecular formula is C19H29IN4O2. The molecular weight excluding hydrogens is 443 g/mol. The standard InChI is InChI=1S/C19H28N4O2.HI/c1-5-20-19(22-13-16-10-11-23(3)14-16)21-12-15(2)25-18-8-6-17(24-4)7-9-18;/h6-11,14-15H,5,12-13H2,1-4H3,(H2,20,21,22);1H. The summed E-state index contributed by atoms with van der Waals surface area (Å²) in [6.45, 7) is 6.19. The van der Waals surface area contributed by atoms with Gasteiger partial charge in [-0.1, -0.05) is 0 Å². The van der Waals surface area contributed by atoms with Crippen LogP contribution in [0.3, 0.4) is 0 Å². The molecule has 0 fully saturated rings. The second kappa shape index (κ2) is 11.7. The van der Waals surface area contributed by atoms with Crippen LogP contribution in [0.4, 0.5) is 0 Å². The van der Waals surface area contributed by atoms with Gasteiger partial charge in [0.15, 0.2) is 5.96 Å².